The maximum absolute atomic E-state index is 14.7. The van der Waals surface area contributed by atoms with E-state index < -0.39 is 219 Å². The number of esters is 2. The second kappa shape index (κ2) is 26.8. The van der Waals surface area contributed by atoms with Crippen molar-refractivity contribution in [2.24, 2.45) is 39.4 Å². The molecule has 91 heavy (non-hydrogen) atoms. The molecule has 33 atom stereocenters. The van der Waals surface area contributed by atoms with Crippen LogP contribution in [0.25, 0.3) is 0 Å². The Balaban J connectivity index is 0.864. The molecule has 29 nitrogen and oxygen atoms in total. The Morgan fingerprint density at radius 2 is 1.16 bits per heavy atom. The highest BCUT2D eigenvalue weighted by atomic mass is 16.8. The van der Waals surface area contributed by atoms with Crippen molar-refractivity contribution in [1.82, 2.24) is 0 Å². The van der Waals surface area contributed by atoms with E-state index in [1.165, 1.54) is 21.0 Å². The minimum atomic E-state index is -2.03. The summed E-state index contributed by atoms with van der Waals surface area (Å²) in [5, 5.41) is 155. The smallest absolute Gasteiger partial charge is 0.316 e. The van der Waals surface area contributed by atoms with Crippen molar-refractivity contribution in [3.05, 3.63) is 11.6 Å². The number of rotatable bonds is 19. The van der Waals surface area contributed by atoms with Gasteiger partial charge in [-0.2, -0.15) is 0 Å². The van der Waals surface area contributed by atoms with Gasteiger partial charge in [0.1, 0.15) is 126 Å². The first kappa shape index (κ1) is 71.5. The molecule has 10 aliphatic rings. The Bertz CT molecular complexity index is 2560. The van der Waals surface area contributed by atoms with E-state index in [9.17, 15) is 81.1 Å². The van der Waals surface area contributed by atoms with E-state index in [1.807, 2.05) is 26.8 Å². The topological polar surface area (TPSA) is 437 Å². The van der Waals surface area contributed by atoms with E-state index >= 15 is 0 Å². The second-order valence-electron chi connectivity index (χ2n) is 29.1. The molecule has 0 bridgehead atoms. The monoisotopic (exact) mass is 1310 g/mol. The Morgan fingerprint density at radius 1 is 0.604 bits per heavy atom. The van der Waals surface area contributed by atoms with Gasteiger partial charge in [0.15, 0.2) is 31.5 Å². The van der Waals surface area contributed by atoms with Crippen LogP contribution < -0.4 is 0 Å². The lowest BCUT2D eigenvalue weighted by molar-refractivity contribution is -0.394. The predicted octanol–water partition coefficient (Wildman–Crippen LogP) is -2.83. The van der Waals surface area contributed by atoms with Crippen molar-refractivity contribution < 1.29 is 143 Å². The van der Waals surface area contributed by atoms with Gasteiger partial charge in [-0.3, -0.25) is 9.59 Å². The molecule has 0 aromatic heterocycles. The highest BCUT2D eigenvalue weighted by Crippen LogP contribution is 2.76. The maximum Gasteiger partial charge on any atom is 0.316 e. The molecule has 0 radical (unpaired) electrons. The van der Waals surface area contributed by atoms with Gasteiger partial charge in [-0.1, -0.05) is 39.3 Å². The SMILES string of the molecule is COC1C(O)C(CO)OC(OC2C(O)C(CO)OC(OC3C(C)OC(OC4C(OC5CCC6(C)C7=CC(O)C89C(=O)OC(C)(CCCC(C)(C)OC(C)=O)C8CCC9(C)C7CCC6C5(C)C)OCC(OC5OC(CO)C(O)C(O)C5O)C4O)C(O)C3O)C2O)C1O. The average Bonchev–Trinajstić information content (AvgIpc) is 1.51. The largest absolute Gasteiger partial charge is 0.460 e. The number of methoxy groups -OCH3 is 1. The highest BCUT2D eigenvalue weighted by molar-refractivity contribution is 5.84. The average molecular weight is 1310 g/mol. The molecule has 10 rings (SSSR count). The summed E-state index contributed by atoms with van der Waals surface area (Å²) >= 11 is 0. The molecule has 0 amide bonds. The Hall–Kier alpha value is -2.32. The van der Waals surface area contributed by atoms with Gasteiger partial charge < -0.3 is 133 Å². The third-order valence-electron chi connectivity index (χ3n) is 22.9. The predicted molar refractivity (Wildman–Crippen MR) is 305 cm³/mol. The van der Waals surface area contributed by atoms with E-state index in [0.717, 1.165) is 5.57 Å². The zero-order valence-electron chi connectivity index (χ0n) is 53.4. The number of ether oxygens (including phenoxy) is 13. The number of carbonyl (C=O) groups is 2. The lowest BCUT2D eigenvalue weighted by atomic mass is 9.40. The maximum atomic E-state index is 14.7. The van der Waals surface area contributed by atoms with Crippen LogP contribution in [0.4, 0.5) is 0 Å². The minimum absolute atomic E-state index is 0.0661. The Morgan fingerprint density at radius 3 is 1.78 bits per heavy atom. The van der Waals surface area contributed by atoms with Gasteiger partial charge in [-0.05, 0) is 114 Å². The molecule has 14 N–H and O–H groups in total. The first-order valence-electron chi connectivity index (χ1n) is 32.2. The van der Waals surface area contributed by atoms with Gasteiger partial charge in [0.25, 0.3) is 0 Å². The summed E-state index contributed by atoms with van der Waals surface area (Å²) in [5.74, 6) is -1.17. The van der Waals surface area contributed by atoms with Gasteiger partial charge in [0, 0.05) is 20.0 Å². The van der Waals surface area contributed by atoms with E-state index in [4.69, 9.17) is 61.6 Å². The molecule has 6 aliphatic heterocycles. The van der Waals surface area contributed by atoms with Crippen LogP contribution in [-0.4, -0.2) is 288 Å². The molecule has 6 heterocycles. The summed E-state index contributed by atoms with van der Waals surface area (Å²) in [5.41, 5.74) is -3.47. The number of aliphatic hydroxyl groups is 14. The van der Waals surface area contributed by atoms with E-state index in [1.54, 1.807) is 0 Å². The lowest BCUT2D eigenvalue weighted by Gasteiger charge is -2.64. The molecule has 522 valence electrons. The fourth-order valence-electron chi connectivity index (χ4n) is 18.1. The summed E-state index contributed by atoms with van der Waals surface area (Å²) in [4.78, 5) is 26.5. The van der Waals surface area contributed by atoms with Gasteiger partial charge in [0.05, 0.1) is 44.7 Å². The van der Waals surface area contributed by atoms with Crippen molar-refractivity contribution in [2.45, 2.75) is 291 Å². The summed E-state index contributed by atoms with van der Waals surface area (Å²) < 4.78 is 78.0. The van der Waals surface area contributed by atoms with E-state index in [2.05, 4.69) is 27.7 Å². The first-order valence-corrected chi connectivity index (χ1v) is 32.2. The molecule has 0 aromatic rings. The van der Waals surface area contributed by atoms with Crippen LogP contribution in [0.2, 0.25) is 0 Å². The summed E-state index contributed by atoms with van der Waals surface area (Å²) in [6, 6.07) is 0. The molecule has 29 heteroatoms. The van der Waals surface area contributed by atoms with Crippen LogP contribution in [0.1, 0.15) is 120 Å². The number of hydrogen-bond acceptors (Lipinski definition) is 29. The second-order valence-corrected chi connectivity index (χ2v) is 29.1. The van der Waals surface area contributed by atoms with Crippen molar-refractivity contribution in [2.75, 3.05) is 33.5 Å². The van der Waals surface area contributed by atoms with E-state index in [-0.39, 0.29) is 29.7 Å². The van der Waals surface area contributed by atoms with Crippen LogP contribution in [-0.2, 0) is 71.2 Å². The van der Waals surface area contributed by atoms with Crippen LogP contribution in [0.15, 0.2) is 11.6 Å². The fraction of sp³-hybridized carbons (Fsp3) is 0.935. The van der Waals surface area contributed by atoms with Gasteiger partial charge in [-0.15, -0.1) is 0 Å². The van der Waals surface area contributed by atoms with E-state index in [0.29, 0.717) is 57.8 Å². The molecule has 0 aromatic carbocycles. The number of aliphatic hydroxyl groups excluding tert-OH is 14. The fourth-order valence-corrected chi connectivity index (χ4v) is 18.1. The van der Waals surface area contributed by atoms with Gasteiger partial charge in [0.2, 0.25) is 0 Å². The quantitative estimate of drug-likeness (QED) is 0.0352. The summed E-state index contributed by atoms with van der Waals surface area (Å²) in [6.45, 7) is 14.2. The Labute approximate surface area is 528 Å². The van der Waals surface area contributed by atoms with Gasteiger partial charge in [-0.25, -0.2) is 0 Å². The molecule has 33 unspecified atom stereocenters. The zero-order chi connectivity index (χ0) is 66.6. The molecule has 9 fully saturated rings. The van der Waals surface area contributed by atoms with Crippen LogP contribution >= 0.6 is 0 Å². The minimum Gasteiger partial charge on any atom is -0.460 e. The first-order chi connectivity index (χ1) is 42.7. The lowest BCUT2D eigenvalue weighted by Crippen LogP contribution is -2.67. The number of hydrogen-bond donors (Lipinski definition) is 14. The standard InChI is InChI=1S/C62H100O29/c1-25-47(87-54-46(77)49(39(70)31(23-65)84-54)88-53-45(76)48(79-10)38(69)30(22-64)83-53)42(73)44(75)51(81-25)89-50-40(71)32(85-52-43(74)41(72)37(68)29(21-63)82-52)24-80-55(50)86-36-15-18-59(7)28-20-35(67)62-34(14-19-60(62,8)27(28)12-13-33(59)58(36,5)6)61(9,91-56(62)78)17-11-16-57(3,4)90-26(2)66/h20,25,27,29-55,63-65,67-77H,11-19,21-24H2,1-10H3. The number of fused-ring (bicyclic) bond motifs is 4. The third-order valence-corrected chi connectivity index (χ3v) is 22.9. The van der Waals surface area contributed by atoms with Crippen molar-refractivity contribution in [1.29, 1.82) is 0 Å². The van der Waals surface area contributed by atoms with Crippen molar-refractivity contribution >= 4 is 11.9 Å². The Kier molecular flexibility index (Phi) is 21.1. The highest BCUT2D eigenvalue weighted by Gasteiger charge is 2.79. The summed E-state index contributed by atoms with van der Waals surface area (Å²) in [7, 11) is 1.18. The number of allylic oxidation sites excluding steroid dienone is 1. The van der Waals surface area contributed by atoms with Gasteiger partial charge >= 0.3 is 11.9 Å². The molecule has 1 spiro atoms. The van der Waals surface area contributed by atoms with Crippen LogP contribution in [0.5, 0.6) is 0 Å². The summed E-state index contributed by atoms with van der Waals surface area (Å²) in [6.07, 6.45) is -34.5. The number of carbonyl (C=O) groups excluding carboxylic acids is 2. The molecule has 3 saturated carbocycles. The van der Waals surface area contributed by atoms with Crippen LogP contribution in [0, 0.1) is 39.4 Å². The molecular weight excluding hydrogens is 1210 g/mol. The van der Waals surface area contributed by atoms with Crippen molar-refractivity contribution in [3.8, 4) is 0 Å². The van der Waals surface area contributed by atoms with Crippen LogP contribution in [0.3, 0.4) is 0 Å². The molecule has 6 saturated heterocycles. The number of cyclic esters (lactones) is 1. The third kappa shape index (κ3) is 12.3. The van der Waals surface area contributed by atoms with Crippen molar-refractivity contribution in [3.63, 3.8) is 0 Å². The normalized spacial score (nSPS) is 51.5. The molecular formula is C62H100O29. The molecule has 4 aliphatic carbocycles. The zero-order valence-corrected chi connectivity index (χ0v) is 53.4.